The van der Waals surface area contributed by atoms with E-state index >= 15 is 0 Å². The van der Waals surface area contributed by atoms with Crippen LogP contribution in [-0.2, 0) is 6.42 Å². The molecule has 0 aromatic heterocycles. The number of aryl methyl sites for hydroxylation is 1. The van der Waals surface area contributed by atoms with Crippen LogP contribution in [0.1, 0.15) is 49.7 Å². The van der Waals surface area contributed by atoms with Gasteiger partial charge in [-0.1, -0.05) is 31.7 Å². The molecule has 0 bridgehead atoms. The summed E-state index contributed by atoms with van der Waals surface area (Å²) in [6.45, 7) is 2.03. The van der Waals surface area contributed by atoms with E-state index in [1.54, 1.807) is 6.07 Å². The molecule has 1 aromatic carbocycles. The number of hydrazine groups is 1. The van der Waals surface area contributed by atoms with Crippen LogP contribution in [0.4, 0.5) is 4.39 Å². The molecular weight excluding hydrogens is 239 g/mol. The minimum Gasteiger partial charge on any atom is -0.271 e. The molecule has 2 nitrogen and oxygen atoms in total. The van der Waals surface area contributed by atoms with Crippen LogP contribution >= 0.6 is 0 Å². The van der Waals surface area contributed by atoms with Gasteiger partial charge in [0.15, 0.2) is 0 Å². The molecule has 0 radical (unpaired) electrons. The molecule has 1 aliphatic carbocycles. The van der Waals surface area contributed by atoms with Crippen LogP contribution in [0, 0.1) is 18.7 Å². The van der Waals surface area contributed by atoms with Crippen LogP contribution in [0.5, 0.6) is 0 Å². The number of halogens is 1. The van der Waals surface area contributed by atoms with Crippen molar-refractivity contribution >= 4 is 0 Å². The molecule has 1 atom stereocenters. The maximum Gasteiger partial charge on any atom is 0.123 e. The lowest BCUT2D eigenvalue weighted by Crippen LogP contribution is -2.37. The van der Waals surface area contributed by atoms with Gasteiger partial charge in [0.1, 0.15) is 5.82 Å². The Balaban J connectivity index is 1.88. The summed E-state index contributed by atoms with van der Waals surface area (Å²) >= 11 is 0. The minimum absolute atomic E-state index is 0.160. The number of nitrogens with two attached hydrogens (primary N) is 1. The molecule has 0 heterocycles. The maximum atomic E-state index is 13.3. The van der Waals surface area contributed by atoms with Gasteiger partial charge >= 0.3 is 0 Å². The highest BCUT2D eigenvalue weighted by Crippen LogP contribution is 2.29. The van der Waals surface area contributed by atoms with Crippen molar-refractivity contribution in [1.29, 1.82) is 0 Å². The molecule has 1 saturated carbocycles. The molecule has 1 fully saturated rings. The van der Waals surface area contributed by atoms with E-state index in [1.807, 2.05) is 13.0 Å². The van der Waals surface area contributed by atoms with Gasteiger partial charge in [-0.05, 0) is 55.4 Å². The van der Waals surface area contributed by atoms with Crippen LogP contribution in [0.3, 0.4) is 0 Å². The Bertz CT molecular complexity index is 400. The summed E-state index contributed by atoms with van der Waals surface area (Å²) in [4.78, 5) is 0. The average molecular weight is 264 g/mol. The third-order valence-corrected chi connectivity index (χ3v) is 4.41. The van der Waals surface area contributed by atoms with E-state index in [9.17, 15) is 4.39 Å². The second-order valence-electron chi connectivity index (χ2n) is 5.87. The van der Waals surface area contributed by atoms with Gasteiger partial charge in [-0.15, -0.1) is 0 Å². The normalized spacial score (nSPS) is 17.8. The lowest BCUT2D eigenvalue weighted by atomic mass is 9.94. The van der Waals surface area contributed by atoms with Crippen molar-refractivity contribution in [3.05, 3.63) is 35.1 Å². The first-order valence-corrected chi connectivity index (χ1v) is 7.40. The molecule has 2 rings (SSSR count). The van der Waals surface area contributed by atoms with Gasteiger partial charge in [-0.25, -0.2) is 4.39 Å². The largest absolute Gasteiger partial charge is 0.271 e. The molecule has 0 saturated heterocycles. The van der Waals surface area contributed by atoms with E-state index in [-0.39, 0.29) is 11.9 Å². The summed E-state index contributed by atoms with van der Waals surface area (Å²) in [5, 5.41) is 0. The number of benzene rings is 1. The summed E-state index contributed by atoms with van der Waals surface area (Å²) in [5.74, 6) is 6.37. The van der Waals surface area contributed by atoms with Gasteiger partial charge in [0.05, 0.1) is 0 Å². The van der Waals surface area contributed by atoms with E-state index in [2.05, 4.69) is 5.43 Å². The first-order chi connectivity index (χ1) is 9.19. The van der Waals surface area contributed by atoms with Gasteiger partial charge < -0.3 is 0 Å². The first kappa shape index (κ1) is 14.5. The second-order valence-corrected chi connectivity index (χ2v) is 5.87. The zero-order valence-corrected chi connectivity index (χ0v) is 11.8. The van der Waals surface area contributed by atoms with E-state index in [0.717, 1.165) is 29.9 Å². The minimum atomic E-state index is -0.160. The molecule has 0 spiro atoms. The van der Waals surface area contributed by atoms with Gasteiger partial charge in [0, 0.05) is 6.04 Å². The highest BCUT2D eigenvalue weighted by atomic mass is 19.1. The predicted molar refractivity (Wildman–Crippen MR) is 77.1 cm³/mol. The van der Waals surface area contributed by atoms with E-state index < -0.39 is 0 Å². The van der Waals surface area contributed by atoms with Crippen LogP contribution in [0.25, 0.3) is 0 Å². The SMILES string of the molecule is Cc1ccc(F)cc1CC(CCC1CCCC1)NN. The van der Waals surface area contributed by atoms with Gasteiger partial charge in [-0.2, -0.15) is 0 Å². The fraction of sp³-hybridized carbons (Fsp3) is 0.625. The summed E-state index contributed by atoms with van der Waals surface area (Å²) in [7, 11) is 0. The van der Waals surface area contributed by atoms with Crippen molar-refractivity contribution in [1.82, 2.24) is 5.43 Å². The van der Waals surface area contributed by atoms with Crippen molar-refractivity contribution in [2.45, 2.75) is 57.9 Å². The van der Waals surface area contributed by atoms with Gasteiger partial charge in [0.25, 0.3) is 0 Å². The molecule has 0 amide bonds. The Morgan fingerprint density at radius 2 is 2.11 bits per heavy atom. The van der Waals surface area contributed by atoms with Crippen LogP contribution in [0.15, 0.2) is 18.2 Å². The molecule has 3 heteroatoms. The molecule has 1 aromatic rings. The number of nitrogens with one attached hydrogen (secondary N) is 1. The number of hydrogen-bond acceptors (Lipinski definition) is 2. The zero-order valence-electron chi connectivity index (χ0n) is 11.8. The molecule has 19 heavy (non-hydrogen) atoms. The Hall–Kier alpha value is -0.930. The van der Waals surface area contributed by atoms with Crippen molar-refractivity contribution < 1.29 is 4.39 Å². The van der Waals surface area contributed by atoms with E-state index in [0.29, 0.717) is 0 Å². The molecule has 1 unspecified atom stereocenters. The standard InChI is InChI=1S/C16H25FN2/c1-12-6-8-15(17)10-14(12)11-16(19-18)9-7-13-4-2-3-5-13/h6,8,10,13,16,19H,2-5,7,9,11,18H2,1H3. The van der Waals surface area contributed by atoms with Crippen molar-refractivity contribution in [3.8, 4) is 0 Å². The highest BCUT2D eigenvalue weighted by molar-refractivity contribution is 5.27. The maximum absolute atomic E-state index is 13.3. The average Bonchev–Trinajstić information content (AvgIpc) is 2.91. The third kappa shape index (κ3) is 4.29. The van der Waals surface area contributed by atoms with Crippen LogP contribution < -0.4 is 11.3 Å². The predicted octanol–water partition coefficient (Wildman–Crippen LogP) is 3.48. The summed E-state index contributed by atoms with van der Waals surface area (Å²) in [6, 6.07) is 5.24. The first-order valence-electron chi connectivity index (χ1n) is 7.40. The summed E-state index contributed by atoms with van der Waals surface area (Å²) in [6.07, 6.45) is 8.64. The van der Waals surface area contributed by atoms with Crippen LogP contribution in [-0.4, -0.2) is 6.04 Å². The Kier molecular flexibility index (Phi) is 5.34. The quantitative estimate of drug-likeness (QED) is 0.610. The van der Waals surface area contributed by atoms with E-state index in [4.69, 9.17) is 5.84 Å². The monoisotopic (exact) mass is 264 g/mol. The fourth-order valence-corrected chi connectivity index (χ4v) is 3.11. The van der Waals surface area contributed by atoms with Gasteiger partial charge in [-0.3, -0.25) is 11.3 Å². The Labute approximate surface area is 115 Å². The Morgan fingerprint density at radius 1 is 1.37 bits per heavy atom. The molecule has 0 aliphatic heterocycles. The number of hydrogen-bond donors (Lipinski definition) is 2. The highest BCUT2D eigenvalue weighted by Gasteiger charge is 2.17. The van der Waals surface area contributed by atoms with Crippen molar-refractivity contribution in [3.63, 3.8) is 0 Å². The topological polar surface area (TPSA) is 38.0 Å². The van der Waals surface area contributed by atoms with E-state index in [1.165, 1.54) is 38.2 Å². The third-order valence-electron chi connectivity index (χ3n) is 4.41. The second kappa shape index (κ2) is 7.01. The molecule has 106 valence electrons. The summed E-state index contributed by atoms with van der Waals surface area (Å²) < 4.78 is 13.3. The molecule has 3 N–H and O–H groups in total. The van der Waals surface area contributed by atoms with Gasteiger partial charge in [0.2, 0.25) is 0 Å². The van der Waals surface area contributed by atoms with Crippen molar-refractivity contribution in [2.24, 2.45) is 11.8 Å². The summed E-state index contributed by atoms with van der Waals surface area (Å²) in [5.41, 5.74) is 5.10. The fourth-order valence-electron chi connectivity index (χ4n) is 3.11. The van der Waals surface area contributed by atoms with Crippen molar-refractivity contribution in [2.75, 3.05) is 0 Å². The molecule has 1 aliphatic rings. The number of rotatable bonds is 6. The Morgan fingerprint density at radius 3 is 2.79 bits per heavy atom. The smallest absolute Gasteiger partial charge is 0.123 e. The lowest BCUT2D eigenvalue weighted by Gasteiger charge is -2.19. The zero-order chi connectivity index (χ0) is 13.7. The van der Waals surface area contributed by atoms with Crippen LogP contribution in [0.2, 0.25) is 0 Å². The lowest BCUT2D eigenvalue weighted by molar-refractivity contribution is 0.406. The molecular formula is C16H25FN2.